The fraction of sp³-hybridized carbons (Fsp3) is 0.810. The van der Waals surface area contributed by atoms with E-state index < -0.39 is 5.54 Å². The van der Waals surface area contributed by atoms with Crippen LogP contribution in [-0.2, 0) is 61.9 Å². The van der Waals surface area contributed by atoms with Gasteiger partial charge in [-0.2, -0.15) is 14.9 Å². The van der Waals surface area contributed by atoms with E-state index in [1.54, 1.807) is 0 Å². The molecule has 0 saturated carbocycles. The fourth-order valence-electron chi connectivity index (χ4n) is 5.27. The summed E-state index contributed by atoms with van der Waals surface area (Å²) >= 11 is 0. The smallest absolute Gasteiger partial charge is 0.289 e. The number of carbonyl (C=O) groups is 3. The van der Waals surface area contributed by atoms with Crippen LogP contribution in [0.15, 0.2) is 4.99 Å². The number of anilines is 2. The van der Waals surface area contributed by atoms with Crippen LogP contribution >= 0.6 is 0 Å². The highest BCUT2D eigenvalue weighted by molar-refractivity contribution is 5.76. The summed E-state index contributed by atoms with van der Waals surface area (Å²) in [7, 11) is 0. The Morgan fingerprint density at radius 3 is 1.48 bits per heavy atom. The van der Waals surface area contributed by atoms with Gasteiger partial charge in [0.15, 0.2) is 11.5 Å². The Balaban J connectivity index is 2.21. The second kappa shape index (κ2) is 41.5. The van der Waals surface area contributed by atoms with Crippen molar-refractivity contribution in [3.8, 4) is 5.88 Å². The maximum absolute atomic E-state index is 12.4. The van der Waals surface area contributed by atoms with Crippen LogP contribution in [-0.4, -0.2) is 185 Å². The number of hydrogen-bond donors (Lipinski definition) is 6. The first-order valence-electron chi connectivity index (χ1n) is 22.6. The summed E-state index contributed by atoms with van der Waals surface area (Å²) in [6.07, 6.45) is 5.91. The van der Waals surface area contributed by atoms with Gasteiger partial charge in [0, 0.05) is 58.7 Å². The molecule has 1 unspecified atom stereocenters. The number of rotatable bonds is 47. The quantitative estimate of drug-likeness (QED) is 0.0230. The predicted octanol–water partition coefficient (Wildman–Crippen LogP) is 1.03. The fourth-order valence-corrected chi connectivity index (χ4v) is 5.27. The molecule has 3 amide bonds. The van der Waals surface area contributed by atoms with E-state index in [4.69, 9.17) is 69.6 Å². The van der Waals surface area contributed by atoms with Crippen LogP contribution in [0.25, 0.3) is 0 Å². The van der Waals surface area contributed by atoms with E-state index >= 15 is 0 Å². The van der Waals surface area contributed by atoms with Gasteiger partial charge in [-0.15, -0.1) is 0 Å². The topological polar surface area (TPSA) is 305 Å². The first-order valence-corrected chi connectivity index (χ1v) is 22.6. The van der Waals surface area contributed by atoms with Crippen LogP contribution in [0.4, 0.5) is 17.5 Å². The molecule has 0 spiro atoms. The Bertz CT molecular complexity index is 1370. The SMILES string of the molecule is C=Nc1c(N)nc(N)nc1OOCCOCCOCCCCCCNC(=O)CCOCC(N)(COCCC(=O)NCCOCCC)COCCC(=O)NCCOCCOCCOCCC. The van der Waals surface area contributed by atoms with E-state index in [2.05, 4.69) is 44.6 Å². The monoisotopic (exact) mass is 934 g/mol. The number of nitrogens with one attached hydrogen (secondary N) is 3. The second-order valence-electron chi connectivity index (χ2n) is 14.6. The van der Waals surface area contributed by atoms with E-state index in [1.165, 1.54) is 0 Å². The molecule has 23 nitrogen and oxygen atoms in total. The lowest BCUT2D eigenvalue weighted by molar-refractivity contribution is -0.217. The molecule has 0 aliphatic heterocycles. The summed E-state index contributed by atoms with van der Waals surface area (Å²) in [5.41, 5.74) is 16.9. The van der Waals surface area contributed by atoms with Crippen molar-refractivity contribution in [2.75, 3.05) is 157 Å². The van der Waals surface area contributed by atoms with Crippen molar-refractivity contribution in [1.82, 2.24) is 25.9 Å². The second-order valence-corrected chi connectivity index (χ2v) is 14.6. The zero-order chi connectivity index (χ0) is 47.5. The van der Waals surface area contributed by atoms with Crippen molar-refractivity contribution in [3.05, 3.63) is 0 Å². The summed E-state index contributed by atoms with van der Waals surface area (Å²) < 4.78 is 50.0. The highest BCUT2D eigenvalue weighted by atomic mass is 17.2. The Hall–Kier alpha value is -3.88. The van der Waals surface area contributed by atoms with Gasteiger partial charge in [0.1, 0.15) is 6.61 Å². The van der Waals surface area contributed by atoms with Gasteiger partial charge in [-0.3, -0.25) is 19.4 Å². The zero-order valence-electron chi connectivity index (χ0n) is 38.9. The van der Waals surface area contributed by atoms with Gasteiger partial charge in [0.2, 0.25) is 23.7 Å². The number of hydrogen-bond acceptors (Lipinski definition) is 20. The highest BCUT2D eigenvalue weighted by Gasteiger charge is 2.27. The number of unbranched alkanes of at least 4 members (excludes halogenated alkanes) is 3. The van der Waals surface area contributed by atoms with Gasteiger partial charge in [-0.1, -0.05) is 26.7 Å². The number of ether oxygens (including phenoxy) is 9. The van der Waals surface area contributed by atoms with Gasteiger partial charge < -0.3 is 80.7 Å². The number of carbonyl (C=O) groups excluding carboxylic acids is 3. The number of nitrogen functional groups attached to an aromatic ring is 2. The third-order valence-electron chi connectivity index (χ3n) is 8.58. The summed E-state index contributed by atoms with van der Waals surface area (Å²) in [5.74, 6) is -0.566. The molecule has 1 atom stereocenters. The average molecular weight is 934 g/mol. The number of nitrogens with zero attached hydrogens (tertiary/aromatic N) is 3. The minimum Gasteiger partial charge on any atom is -0.382 e. The molecular weight excluding hydrogens is 855 g/mol. The third-order valence-corrected chi connectivity index (χ3v) is 8.58. The lowest BCUT2D eigenvalue weighted by Gasteiger charge is -2.29. The minimum absolute atomic E-state index is 0.0278. The Morgan fingerprint density at radius 1 is 0.538 bits per heavy atom. The maximum Gasteiger partial charge on any atom is 0.289 e. The number of amides is 3. The number of aliphatic imine (C=N–C) groups is 1. The summed E-state index contributed by atoms with van der Waals surface area (Å²) in [6.45, 7) is 15.2. The van der Waals surface area contributed by atoms with E-state index in [-0.39, 0.29) is 113 Å². The normalized spacial score (nSPS) is 12.2. The summed E-state index contributed by atoms with van der Waals surface area (Å²) in [5, 5.41) is 8.49. The largest absolute Gasteiger partial charge is 0.382 e. The van der Waals surface area contributed by atoms with E-state index in [9.17, 15) is 14.4 Å². The van der Waals surface area contributed by atoms with Gasteiger partial charge in [0.05, 0.1) is 105 Å². The molecule has 0 radical (unpaired) electrons. The number of aromatic nitrogens is 2. The maximum atomic E-state index is 12.4. The van der Waals surface area contributed by atoms with Gasteiger partial charge in [-0.25, -0.2) is 0 Å². The zero-order valence-corrected chi connectivity index (χ0v) is 38.9. The Morgan fingerprint density at radius 2 is 0.969 bits per heavy atom. The van der Waals surface area contributed by atoms with E-state index in [0.29, 0.717) is 85.7 Å². The Kier molecular flexibility index (Phi) is 37.8. The minimum atomic E-state index is -1.09. The van der Waals surface area contributed by atoms with Crippen molar-refractivity contribution in [2.45, 2.75) is 77.2 Å². The molecule has 0 fully saturated rings. The van der Waals surface area contributed by atoms with Crippen molar-refractivity contribution in [3.63, 3.8) is 0 Å². The summed E-state index contributed by atoms with van der Waals surface area (Å²) in [6, 6.07) is 0. The first kappa shape index (κ1) is 59.1. The Labute approximate surface area is 384 Å². The molecule has 1 heterocycles. The summed E-state index contributed by atoms with van der Waals surface area (Å²) in [4.78, 5) is 58.4. The van der Waals surface area contributed by atoms with Crippen LogP contribution in [0.2, 0.25) is 0 Å². The standard InChI is InChI=1S/C42H79N9O14/c1-4-16-55-22-14-48-36(53)11-20-62-33-42(45,34-63-21-12-37(54)49-15-23-58-26-29-59-27-24-56-17-5-2)32-61-19-10-35(52)47-13-8-6-7-9-18-57-25-28-60-30-31-64-65-40-38(46-3)39(43)50-41(44)51-40/h3-34,45H2,1-2H3,(H,47,52)(H,48,53)(H,49,54)(H4,43,44,50,51). The van der Waals surface area contributed by atoms with Crippen molar-refractivity contribution in [2.24, 2.45) is 10.7 Å². The molecular formula is C42H79N9O14. The molecule has 9 N–H and O–H groups in total. The van der Waals surface area contributed by atoms with Gasteiger partial charge in [0.25, 0.3) is 5.88 Å². The molecule has 23 heteroatoms. The molecule has 1 aromatic heterocycles. The van der Waals surface area contributed by atoms with Crippen LogP contribution in [0.3, 0.4) is 0 Å². The molecule has 0 bridgehead atoms. The van der Waals surface area contributed by atoms with Crippen molar-refractivity contribution in [1.29, 1.82) is 0 Å². The van der Waals surface area contributed by atoms with Gasteiger partial charge in [-0.05, 0) is 32.4 Å². The molecule has 376 valence electrons. The lowest BCUT2D eigenvalue weighted by Crippen LogP contribution is -2.53. The van der Waals surface area contributed by atoms with E-state index in [0.717, 1.165) is 45.1 Å². The highest BCUT2D eigenvalue weighted by Crippen LogP contribution is 2.30. The molecule has 0 aliphatic rings. The molecule has 0 aromatic carbocycles. The molecule has 1 rings (SSSR count). The average Bonchev–Trinajstić information content (AvgIpc) is 3.28. The van der Waals surface area contributed by atoms with Crippen molar-refractivity contribution < 1.29 is 66.8 Å². The van der Waals surface area contributed by atoms with Crippen LogP contribution in [0, 0.1) is 0 Å². The van der Waals surface area contributed by atoms with Crippen LogP contribution < -0.4 is 38.0 Å². The molecule has 65 heavy (non-hydrogen) atoms. The molecule has 0 saturated heterocycles. The van der Waals surface area contributed by atoms with Crippen molar-refractivity contribution >= 4 is 41.9 Å². The van der Waals surface area contributed by atoms with Crippen LogP contribution in [0.5, 0.6) is 5.88 Å². The van der Waals surface area contributed by atoms with Crippen LogP contribution in [0.1, 0.15) is 71.6 Å². The van der Waals surface area contributed by atoms with Gasteiger partial charge >= 0.3 is 0 Å². The molecule has 0 aliphatic carbocycles. The third kappa shape index (κ3) is 35.0. The lowest BCUT2D eigenvalue weighted by atomic mass is 10.1. The molecule has 1 aromatic rings. The van der Waals surface area contributed by atoms with E-state index in [1.807, 2.05) is 6.92 Å². The first-order chi connectivity index (χ1) is 31.6. The number of nitrogens with two attached hydrogens (primary N) is 3. The predicted molar refractivity (Wildman–Crippen MR) is 243 cm³/mol.